The highest BCUT2D eigenvalue weighted by Crippen LogP contribution is 2.17. The predicted octanol–water partition coefficient (Wildman–Crippen LogP) is 3.26. The van der Waals surface area contributed by atoms with Crippen molar-refractivity contribution < 1.29 is 13.9 Å². The highest BCUT2D eigenvalue weighted by atomic mass is 35.5. The van der Waals surface area contributed by atoms with Gasteiger partial charge in [-0.1, -0.05) is 12.1 Å². The predicted molar refractivity (Wildman–Crippen MR) is 72.5 cm³/mol. The van der Waals surface area contributed by atoms with E-state index >= 15 is 0 Å². The Kier molecular flexibility index (Phi) is 4.47. The van der Waals surface area contributed by atoms with Crippen molar-refractivity contribution in [2.75, 3.05) is 6.61 Å². The van der Waals surface area contributed by atoms with E-state index in [2.05, 4.69) is 5.32 Å². The fourth-order valence-corrected chi connectivity index (χ4v) is 1.85. The molecule has 0 bridgehead atoms. The van der Waals surface area contributed by atoms with Gasteiger partial charge < -0.3 is 14.5 Å². The zero-order chi connectivity index (χ0) is 13.7. The van der Waals surface area contributed by atoms with Crippen LogP contribution in [0.4, 0.5) is 0 Å². The Bertz CT molecular complexity index is 565. The van der Waals surface area contributed by atoms with E-state index in [4.69, 9.17) is 20.8 Å². The van der Waals surface area contributed by atoms with Gasteiger partial charge in [0.1, 0.15) is 5.75 Å². The SMILES string of the molecule is CCOc1cccc(CNC(=O)c2ccoc2Cl)c1. The van der Waals surface area contributed by atoms with Gasteiger partial charge in [0, 0.05) is 6.54 Å². The van der Waals surface area contributed by atoms with Crippen molar-refractivity contribution in [2.24, 2.45) is 0 Å². The summed E-state index contributed by atoms with van der Waals surface area (Å²) in [4.78, 5) is 11.8. The average Bonchev–Trinajstić information content (AvgIpc) is 2.83. The molecule has 0 spiro atoms. The van der Waals surface area contributed by atoms with Crippen LogP contribution in [0.5, 0.6) is 5.75 Å². The van der Waals surface area contributed by atoms with Gasteiger partial charge in [-0.25, -0.2) is 0 Å². The van der Waals surface area contributed by atoms with Gasteiger partial charge in [0.25, 0.3) is 5.91 Å². The maximum absolute atomic E-state index is 11.8. The van der Waals surface area contributed by atoms with Crippen molar-refractivity contribution >= 4 is 17.5 Å². The first-order valence-electron chi connectivity index (χ1n) is 5.93. The van der Waals surface area contributed by atoms with Crippen LogP contribution in [0, 0.1) is 0 Å². The largest absolute Gasteiger partial charge is 0.494 e. The van der Waals surface area contributed by atoms with E-state index in [1.807, 2.05) is 31.2 Å². The highest BCUT2D eigenvalue weighted by Gasteiger charge is 2.12. The van der Waals surface area contributed by atoms with E-state index in [0.717, 1.165) is 11.3 Å². The number of hydrogen-bond acceptors (Lipinski definition) is 3. The summed E-state index contributed by atoms with van der Waals surface area (Å²) >= 11 is 5.74. The highest BCUT2D eigenvalue weighted by molar-refractivity contribution is 6.32. The maximum Gasteiger partial charge on any atom is 0.256 e. The number of halogens is 1. The van der Waals surface area contributed by atoms with Crippen LogP contribution in [0.15, 0.2) is 41.0 Å². The van der Waals surface area contributed by atoms with Crippen molar-refractivity contribution in [3.63, 3.8) is 0 Å². The summed E-state index contributed by atoms with van der Waals surface area (Å²) in [6.07, 6.45) is 1.38. The quantitative estimate of drug-likeness (QED) is 0.914. The molecule has 0 aliphatic rings. The summed E-state index contributed by atoms with van der Waals surface area (Å²) in [5.41, 5.74) is 1.29. The second-order valence-electron chi connectivity index (χ2n) is 3.87. The molecule has 1 N–H and O–H groups in total. The van der Waals surface area contributed by atoms with E-state index in [0.29, 0.717) is 18.7 Å². The van der Waals surface area contributed by atoms with Gasteiger partial charge >= 0.3 is 0 Å². The van der Waals surface area contributed by atoms with Crippen molar-refractivity contribution in [3.8, 4) is 5.75 Å². The first kappa shape index (κ1) is 13.5. The first-order chi connectivity index (χ1) is 9.20. The second-order valence-corrected chi connectivity index (χ2v) is 4.21. The summed E-state index contributed by atoms with van der Waals surface area (Å²) in [6.45, 7) is 2.94. The summed E-state index contributed by atoms with van der Waals surface area (Å²) in [7, 11) is 0. The molecule has 4 nitrogen and oxygen atoms in total. The van der Waals surface area contributed by atoms with Crippen LogP contribution in [-0.4, -0.2) is 12.5 Å². The minimum absolute atomic E-state index is 0.0977. The molecular weight excluding hydrogens is 266 g/mol. The van der Waals surface area contributed by atoms with Crippen molar-refractivity contribution in [3.05, 3.63) is 52.9 Å². The molecule has 1 aromatic carbocycles. The molecule has 100 valence electrons. The number of carbonyl (C=O) groups excluding carboxylic acids is 1. The van der Waals surface area contributed by atoms with Crippen LogP contribution in [0.3, 0.4) is 0 Å². The summed E-state index contributed by atoms with van der Waals surface area (Å²) in [5.74, 6) is 0.524. The molecule has 0 atom stereocenters. The molecule has 0 aliphatic carbocycles. The van der Waals surface area contributed by atoms with E-state index < -0.39 is 0 Å². The normalized spacial score (nSPS) is 10.2. The summed E-state index contributed by atoms with van der Waals surface area (Å²) in [5, 5.41) is 2.87. The average molecular weight is 280 g/mol. The minimum atomic E-state index is -0.263. The molecule has 0 saturated carbocycles. The van der Waals surface area contributed by atoms with Crippen LogP contribution in [0.25, 0.3) is 0 Å². The molecule has 0 fully saturated rings. The third-order valence-corrected chi connectivity index (χ3v) is 2.82. The fraction of sp³-hybridized carbons (Fsp3) is 0.214. The number of carbonyl (C=O) groups is 1. The smallest absolute Gasteiger partial charge is 0.256 e. The molecule has 5 heteroatoms. The summed E-state index contributed by atoms with van der Waals surface area (Å²) in [6, 6.07) is 9.11. The molecular formula is C14H14ClNO3. The van der Waals surface area contributed by atoms with Crippen LogP contribution < -0.4 is 10.1 Å². The Morgan fingerprint density at radius 1 is 1.42 bits per heavy atom. The Balaban J connectivity index is 1.97. The monoisotopic (exact) mass is 279 g/mol. The molecule has 19 heavy (non-hydrogen) atoms. The Morgan fingerprint density at radius 2 is 2.26 bits per heavy atom. The molecule has 1 amide bonds. The van der Waals surface area contributed by atoms with E-state index in [9.17, 15) is 4.79 Å². The van der Waals surface area contributed by atoms with Crippen molar-refractivity contribution in [1.29, 1.82) is 0 Å². The number of amides is 1. The third kappa shape index (κ3) is 3.51. The number of rotatable bonds is 5. The number of hydrogen-bond donors (Lipinski definition) is 1. The third-order valence-electron chi connectivity index (χ3n) is 2.53. The lowest BCUT2D eigenvalue weighted by Gasteiger charge is -2.07. The molecule has 0 radical (unpaired) electrons. The fourth-order valence-electron chi connectivity index (χ4n) is 1.65. The van der Waals surface area contributed by atoms with Gasteiger partial charge in [-0.05, 0) is 42.3 Å². The molecule has 0 saturated heterocycles. The van der Waals surface area contributed by atoms with E-state index in [1.54, 1.807) is 0 Å². The van der Waals surface area contributed by atoms with Crippen LogP contribution in [0.2, 0.25) is 5.22 Å². The Morgan fingerprint density at radius 3 is 2.95 bits per heavy atom. The lowest BCUT2D eigenvalue weighted by atomic mass is 10.2. The minimum Gasteiger partial charge on any atom is -0.494 e. The van der Waals surface area contributed by atoms with Crippen LogP contribution >= 0.6 is 11.6 Å². The zero-order valence-electron chi connectivity index (χ0n) is 10.5. The molecule has 0 aliphatic heterocycles. The van der Waals surface area contributed by atoms with Crippen LogP contribution in [-0.2, 0) is 6.54 Å². The van der Waals surface area contributed by atoms with Gasteiger partial charge in [-0.2, -0.15) is 0 Å². The van der Waals surface area contributed by atoms with Crippen molar-refractivity contribution in [1.82, 2.24) is 5.32 Å². The lowest BCUT2D eigenvalue weighted by Crippen LogP contribution is -2.22. The van der Waals surface area contributed by atoms with Gasteiger partial charge in [-0.3, -0.25) is 4.79 Å². The first-order valence-corrected chi connectivity index (χ1v) is 6.31. The van der Waals surface area contributed by atoms with Gasteiger partial charge in [0.15, 0.2) is 0 Å². The number of benzene rings is 1. The van der Waals surface area contributed by atoms with Crippen LogP contribution in [0.1, 0.15) is 22.8 Å². The van der Waals surface area contributed by atoms with Crippen molar-refractivity contribution in [2.45, 2.75) is 13.5 Å². The molecule has 2 aromatic rings. The molecule has 2 rings (SSSR count). The Hall–Kier alpha value is -1.94. The van der Waals surface area contributed by atoms with E-state index in [1.165, 1.54) is 12.3 Å². The lowest BCUT2D eigenvalue weighted by molar-refractivity contribution is 0.0950. The summed E-state index contributed by atoms with van der Waals surface area (Å²) < 4.78 is 10.3. The van der Waals surface area contributed by atoms with Gasteiger partial charge in [-0.15, -0.1) is 0 Å². The molecule has 0 unspecified atom stereocenters. The zero-order valence-corrected chi connectivity index (χ0v) is 11.2. The van der Waals surface area contributed by atoms with Gasteiger partial charge in [0.05, 0.1) is 18.4 Å². The number of nitrogens with one attached hydrogen (secondary N) is 1. The topological polar surface area (TPSA) is 51.5 Å². The number of ether oxygens (including phenoxy) is 1. The second kappa shape index (κ2) is 6.29. The number of furan rings is 1. The molecule has 1 aromatic heterocycles. The maximum atomic E-state index is 11.8. The standard InChI is InChI=1S/C14H14ClNO3/c1-2-18-11-5-3-4-10(8-11)9-16-14(17)12-6-7-19-13(12)15/h3-8H,2,9H2,1H3,(H,16,17). The Labute approximate surface area is 116 Å². The molecule has 1 heterocycles. The van der Waals surface area contributed by atoms with Gasteiger partial charge in [0.2, 0.25) is 5.22 Å². The van der Waals surface area contributed by atoms with E-state index in [-0.39, 0.29) is 11.1 Å².